The van der Waals surface area contributed by atoms with Crippen molar-refractivity contribution in [2.45, 2.75) is 57.9 Å². The lowest BCUT2D eigenvalue weighted by molar-refractivity contribution is -0.142. The zero-order valence-electron chi connectivity index (χ0n) is 15.2. The van der Waals surface area contributed by atoms with Gasteiger partial charge in [0.25, 0.3) is 0 Å². The average molecular weight is 357 g/mol. The zero-order valence-corrected chi connectivity index (χ0v) is 15.2. The van der Waals surface area contributed by atoms with Gasteiger partial charge < -0.3 is 26.8 Å². The number of carbonyl (C=O) groups is 3. The van der Waals surface area contributed by atoms with Crippen molar-refractivity contribution in [2.24, 2.45) is 23.3 Å². The Bertz CT molecular complexity index is 485. The molecule has 9 nitrogen and oxygen atoms in total. The van der Waals surface area contributed by atoms with Crippen LogP contribution in [0.2, 0.25) is 0 Å². The van der Waals surface area contributed by atoms with Crippen molar-refractivity contribution in [1.82, 2.24) is 15.5 Å². The van der Waals surface area contributed by atoms with Gasteiger partial charge in [0, 0.05) is 32.5 Å². The fourth-order valence-electron chi connectivity index (χ4n) is 3.39. The van der Waals surface area contributed by atoms with Gasteiger partial charge in [-0.25, -0.2) is 0 Å². The number of likely N-dealkylation sites (N-methyl/N-ethyl adjacent to an activating group) is 1. The van der Waals surface area contributed by atoms with E-state index >= 15 is 0 Å². The molecule has 4 atom stereocenters. The maximum Gasteiger partial charge on any atom is 0.306 e. The second-order valence-electron chi connectivity index (χ2n) is 6.76. The Labute approximate surface area is 148 Å². The summed E-state index contributed by atoms with van der Waals surface area (Å²) in [5.74, 6) is -2.48. The summed E-state index contributed by atoms with van der Waals surface area (Å²) in [6, 6.07) is -1.17. The summed E-state index contributed by atoms with van der Waals surface area (Å²) >= 11 is 0. The predicted octanol–water partition coefficient (Wildman–Crippen LogP) is -0.980. The van der Waals surface area contributed by atoms with E-state index < -0.39 is 30.1 Å². The van der Waals surface area contributed by atoms with Crippen LogP contribution in [-0.2, 0) is 14.4 Å². The Balaban J connectivity index is 3.02. The van der Waals surface area contributed by atoms with Gasteiger partial charge in [-0.3, -0.25) is 19.7 Å². The lowest BCUT2D eigenvalue weighted by atomic mass is 9.92. The number of nitrogens with one attached hydrogen (secondary N) is 2. The molecule has 1 fully saturated rings. The second kappa shape index (κ2) is 9.69. The van der Waals surface area contributed by atoms with Crippen molar-refractivity contribution in [3.8, 4) is 0 Å². The highest BCUT2D eigenvalue weighted by molar-refractivity contribution is 5.87. The third-order valence-corrected chi connectivity index (χ3v) is 4.64. The summed E-state index contributed by atoms with van der Waals surface area (Å²) < 4.78 is 0. The van der Waals surface area contributed by atoms with Crippen molar-refractivity contribution in [3.05, 3.63) is 0 Å². The van der Waals surface area contributed by atoms with Crippen LogP contribution >= 0.6 is 0 Å². The molecule has 1 saturated carbocycles. The summed E-state index contributed by atoms with van der Waals surface area (Å²) in [4.78, 5) is 37.5. The van der Waals surface area contributed by atoms with Gasteiger partial charge in [-0.2, -0.15) is 0 Å². The Morgan fingerprint density at radius 1 is 1.28 bits per heavy atom. The van der Waals surface area contributed by atoms with E-state index in [1.165, 1.54) is 6.92 Å². The first-order chi connectivity index (χ1) is 11.7. The molecule has 0 aromatic carbocycles. The Hall–Kier alpha value is -1.71. The molecule has 1 aliphatic rings. The number of aliphatic carboxylic acids is 1. The number of amides is 2. The van der Waals surface area contributed by atoms with Crippen LogP contribution in [-0.4, -0.2) is 59.8 Å². The van der Waals surface area contributed by atoms with Gasteiger partial charge in [-0.05, 0) is 19.3 Å². The molecule has 2 amide bonds. The Morgan fingerprint density at radius 2 is 1.92 bits per heavy atom. The molecule has 1 aliphatic carbocycles. The molecule has 0 aromatic heterocycles. The monoisotopic (exact) mass is 357 g/mol. The summed E-state index contributed by atoms with van der Waals surface area (Å²) in [6.45, 7) is 3.95. The summed E-state index contributed by atoms with van der Waals surface area (Å²) in [5, 5.41) is 15.0. The summed E-state index contributed by atoms with van der Waals surface area (Å²) in [6.07, 6.45) is 1.56. The lowest BCUT2D eigenvalue weighted by Crippen LogP contribution is -2.58. The Kier molecular flexibility index (Phi) is 8.27. The van der Waals surface area contributed by atoms with Crippen molar-refractivity contribution >= 4 is 17.8 Å². The van der Waals surface area contributed by atoms with E-state index in [0.29, 0.717) is 13.0 Å². The Morgan fingerprint density at radius 3 is 2.40 bits per heavy atom. The second-order valence-corrected chi connectivity index (χ2v) is 6.76. The first kappa shape index (κ1) is 21.3. The first-order valence-electron chi connectivity index (χ1n) is 8.69. The molecule has 4 unspecified atom stereocenters. The van der Waals surface area contributed by atoms with Crippen LogP contribution in [0, 0.1) is 11.8 Å². The van der Waals surface area contributed by atoms with Crippen molar-refractivity contribution in [2.75, 3.05) is 13.6 Å². The number of rotatable bonds is 9. The third-order valence-electron chi connectivity index (χ3n) is 4.64. The molecule has 0 heterocycles. The molecule has 0 aromatic rings. The van der Waals surface area contributed by atoms with E-state index in [2.05, 4.69) is 10.6 Å². The number of carboxylic acid groups (broad SMARTS) is 1. The van der Waals surface area contributed by atoms with E-state index in [9.17, 15) is 19.5 Å². The first-order valence-corrected chi connectivity index (χ1v) is 8.69. The minimum Gasteiger partial charge on any atom is -0.481 e. The van der Waals surface area contributed by atoms with Crippen LogP contribution in [0.4, 0.5) is 0 Å². The topological polar surface area (TPSA) is 151 Å². The summed E-state index contributed by atoms with van der Waals surface area (Å²) in [5.41, 5.74) is 11.2. The maximum atomic E-state index is 12.9. The van der Waals surface area contributed by atoms with Crippen LogP contribution < -0.4 is 22.1 Å². The third kappa shape index (κ3) is 6.26. The average Bonchev–Trinajstić information content (AvgIpc) is 2.92. The van der Waals surface area contributed by atoms with E-state index in [0.717, 1.165) is 12.8 Å². The van der Waals surface area contributed by atoms with Crippen LogP contribution in [0.1, 0.15) is 39.5 Å². The number of nitrogens with zero attached hydrogens (tertiary/aromatic N) is 1. The molecule has 0 bridgehead atoms. The smallest absolute Gasteiger partial charge is 0.306 e. The van der Waals surface area contributed by atoms with Crippen LogP contribution in [0.3, 0.4) is 0 Å². The quantitative estimate of drug-likeness (QED) is 0.333. The molecule has 0 radical (unpaired) electrons. The van der Waals surface area contributed by atoms with Gasteiger partial charge in [0.2, 0.25) is 11.8 Å². The number of carboxylic acids is 1. The maximum absolute atomic E-state index is 12.9. The van der Waals surface area contributed by atoms with Gasteiger partial charge in [0.1, 0.15) is 12.3 Å². The molecule has 0 aliphatic heterocycles. The molecule has 0 spiro atoms. The van der Waals surface area contributed by atoms with E-state index in [1.807, 2.05) is 6.92 Å². The lowest BCUT2D eigenvalue weighted by Gasteiger charge is -2.32. The van der Waals surface area contributed by atoms with Gasteiger partial charge in [-0.1, -0.05) is 13.3 Å². The van der Waals surface area contributed by atoms with Gasteiger partial charge in [0.05, 0.1) is 5.92 Å². The molecule has 0 saturated heterocycles. The molecular formula is C16H31N5O4. The van der Waals surface area contributed by atoms with E-state index in [-0.39, 0.29) is 24.3 Å². The molecular weight excluding hydrogens is 326 g/mol. The normalized spacial score (nSPS) is 24.2. The zero-order chi connectivity index (χ0) is 19.1. The fourth-order valence-corrected chi connectivity index (χ4v) is 3.39. The standard InChI is InChI=1S/C16H31N5O4/c1-4-5-6-21(3)14(23)13(19-9(2)22)11-7-10(15(24)25)8-12(11)20-16(17)18/h10-13,16,20H,4-8,17-18H2,1-3H3,(H,19,22)(H,24,25). The predicted molar refractivity (Wildman–Crippen MR) is 93.1 cm³/mol. The highest BCUT2D eigenvalue weighted by atomic mass is 16.4. The summed E-state index contributed by atoms with van der Waals surface area (Å²) in [7, 11) is 1.69. The largest absolute Gasteiger partial charge is 0.481 e. The van der Waals surface area contributed by atoms with Gasteiger partial charge in [0.15, 0.2) is 0 Å². The fraction of sp³-hybridized carbons (Fsp3) is 0.812. The number of nitrogens with two attached hydrogens (primary N) is 2. The van der Waals surface area contributed by atoms with Crippen molar-refractivity contribution in [3.63, 3.8) is 0 Å². The highest BCUT2D eigenvalue weighted by Gasteiger charge is 2.45. The molecule has 1 rings (SSSR count). The van der Waals surface area contributed by atoms with Crippen molar-refractivity contribution < 1.29 is 19.5 Å². The van der Waals surface area contributed by atoms with Crippen molar-refractivity contribution in [1.29, 1.82) is 0 Å². The van der Waals surface area contributed by atoms with Crippen LogP contribution in [0.25, 0.3) is 0 Å². The molecule has 25 heavy (non-hydrogen) atoms. The van der Waals surface area contributed by atoms with E-state index in [1.54, 1.807) is 11.9 Å². The molecule has 7 N–H and O–H groups in total. The highest BCUT2D eigenvalue weighted by Crippen LogP contribution is 2.34. The van der Waals surface area contributed by atoms with E-state index in [4.69, 9.17) is 11.5 Å². The minimum absolute atomic E-state index is 0.225. The van der Waals surface area contributed by atoms with Gasteiger partial charge >= 0.3 is 5.97 Å². The minimum atomic E-state index is -0.923. The molecule has 144 valence electrons. The van der Waals surface area contributed by atoms with Crippen LogP contribution in [0.5, 0.6) is 0 Å². The number of carbonyl (C=O) groups excluding carboxylic acids is 2. The molecule has 9 heteroatoms. The SMILES string of the molecule is CCCCN(C)C(=O)C(NC(C)=O)C1CC(C(=O)O)CC1NC(N)N. The number of hydrogen-bond acceptors (Lipinski definition) is 6. The van der Waals surface area contributed by atoms with Gasteiger partial charge in [-0.15, -0.1) is 0 Å². The number of hydrogen-bond donors (Lipinski definition) is 5. The number of unbranched alkanes of at least 4 members (excludes halogenated alkanes) is 1. The van der Waals surface area contributed by atoms with Crippen LogP contribution in [0.15, 0.2) is 0 Å².